The second kappa shape index (κ2) is 8.51. The molecule has 0 saturated heterocycles. The van der Waals surface area contributed by atoms with Crippen LogP contribution in [-0.2, 0) is 17.4 Å². The minimum atomic E-state index is -4.36. The van der Waals surface area contributed by atoms with Crippen LogP contribution in [0.2, 0.25) is 0 Å². The monoisotopic (exact) mass is 364 g/mol. The largest absolute Gasteiger partial charge is 0.416 e. The first-order valence-corrected chi connectivity index (χ1v) is 8.07. The van der Waals surface area contributed by atoms with Gasteiger partial charge in [0, 0.05) is 12.1 Å². The molecule has 0 fully saturated rings. The van der Waals surface area contributed by atoms with Crippen molar-refractivity contribution in [2.75, 3.05) is 6.54 Å². The van der Waals surface area contributed by atoms with Gasteiger partial charge >= 0.3 is 6.18 Å². The second-order valence-corrected chi connectivity index (χ2v) is 5.80. The van der Waals surface area contributed by atoms with Crippen LogP contribution < -0.4 is 10.6 Å². The summed E-state index contributed by atoms with van der Waals surface area (Å²) in [6.07, 6.45) is -3.97. The van der Waals surface area contributed by atoms with Gasteiger partial charge in [0.05, 0.1) is 5.56 Å². The van der Waals surface area contributed by atoms with Crippen LogP contribution >= 0.6 is 0 Å². The van der Waals surface area contributed by atoms with E-state index in [0.29, 0.717) is 17.5 Å². The van der Waals surface area contributed by atoms with Crippen molar-refractivity contribution in [1.82, 2.24) is 10.6 Å². The normalized spacial score (nSPS) is 12.3. The zero-order valence-electron chi connectivity index (χ0n) is 14.1. The Morgan fingerprint density at radius 2 is 1.62 bits per heavy atom. The summed E-state index contributed by atoms with van der Waals surface area (Å²) in [5, 5.41) is 5.25. The first kappa shape index (κ1) is 19.5. The predicted molar refractivity (Wildman–Crippen MR) is 91.5 cm³/mol. The number of benzene rings is 2. The van der Waals surface area contributed by atoms with Gasteiger partial charge < -0.3 is 10.6 Å². The van der Waals surface area contributed by atoms with E-state index in [4.69, 9.17) is 0 Å². The van der Waals surface area contributed by atoms with Crippen LogP contribution in [0, 0.1) is 0 Å². The van der Waals surface area contributed by atoms with Gasteiger partial charge in [-0.15, -0.1) is 0 Å². The van der Waals surface area contributed by atoms with E-state index in [2.05, 4.69) is 10.6 Å². The predicted octanol–water partition coefficient (Wildman–Crippen LogP) is 3.18. The standard InChI is InChI=1S/C19H19F3N2O2/c1-13(24-18(26)15-5-3-2-4-6-15)17(25)23-12-11-14-7-9-16(10-8-14)19(20,21)22/h2-10,13H,11-12H2,1H3,(H,23,25)(H,24,26). The fourth-order valence-electron chi connectivity index (χ4n) is 2.28. The van der Waals surface area contributed by atoms with Gasteiger partial charge in [0.2, 0.25) is 5.91 Å². The molecule has 4 nitrogen and oxygen atoms in total. The Bertz CT molecular complexity index is 744. The molecule has 0 heterocycles. The lowest BCUT2D eigenvalue weighted by atomic mass is 10.1. The molecular formula is C19H19F3N2O2. The molecule has 0 aromatic heterocycles. The maximum absolute atomic E-state index is 12.5. The topological polar surface area (TPSA) is 58.2 Å². The van der Waals surface area contributed by atoms with E-state index in [0.717, 1.165) is 12.1 Å². The molecule has 1 unspecified atom stereocenters. The molecule has 2 aromatic carbocycles. The number of amides is 2. The Hall–Kier alpha value is -2.83. The third-order valence-corrected chi connectivity index (χ3v) is 3.77. The number of carbonyl (C=O) groups excluding carboxylic acids is 2. The second-order valence-electron chi connectivity index (χ2n) is 5.80. The van der Waals surface area contributed by atoms with Crippen molar-refractivity contribution in [3.05, 3.63) is 71.3 Å². The highest BCUT2D eigenvalue weighted by Crippen LogP contribution is 2.29. The molecule has 0 spiro atoms. The van der Waals surface area contributed by atoms with Crippen molar-refractivity contribution in [3.63, 3.8) is 0 Å². The molecule has 7 heteroatoms. The lowest BCUT2D eigenvalue weighted by Gasteiger charge is -2.14. The van der Waals surface area contributed by atoms with Crippen molar-refractivity contribution in [2.24, 2.45) is 0 Å². The molecule has 0 aliphatic heterocycles. The Labute approximate surface area is 149 Å². The van der Waals surface area contributed by atoms with Crippen molar-refractivity contribution in [1.29, 1.82) is 0 Å². The summed E-state index contributed by atoms with van der Waals surface area (Å²) in [6.45, 7) is 1.82. The van der Waals surface area contributed by atoms with E-state index < -0.39 is 17.8 Å². The number of hydrogen-bond acceptors (Lipinski definition) is 2. The summed E-state index contributed by atoms with van der Waals surface area (Å²) in [5.41, 5.74) is 0.429. The van der Waals surface area contributed by atoms with E-state index in [1.165, 1.54) is 12.1 Å². The number of carbonyl (C=O) groups is 2. The van der Waals surface area contributed by atoms with Crippen molar-refractivity contribution in [3.8, 4) is 0 Å². The number of nitrogens with one attached hydrogen (secondary N) is 2. The molecular weight excluding hydrogens is 345 g/mol. The molecule has 1 atom stereocenters. The average Bonchev–Trinajstić information content (AvgIpc) is 2.62. The summed E-state index contributed by atoms with van der Waals surface area (Å²) in [5.74, 6) is -0.711. The zero-order valence-corrected chi connectivity index (χ0v) is 14.1. The van der Waals surface area contributed by atoms with Crippen LogP contribution in [0.5, 0.6) is 0 Å². The molecule has 2 amide bonds. The Kier molecular flexibility index (Phi) is 6.38. The number of alkyl halides is 3. The van der Waals surface area contributed by atoms with E-state index >= 15 is 0 Å². The Morgan fingerprint density at radius 1 is 1.00 bits per heavy atom. The highest BCUT2D eigenvalue weighted by molar-refractivity contribution is 5.97. The minimum Gasteiger partial charge on any atom is -0.354 e. The summed E-state index contributed by atoms with van der Waals surface area (Å²) < 4.78 is 37.5. The lowest BCUT2D eigenvalue weighted by Crippen LogP contribution is -2.45. The van der Waals surface area contributed by atoms with Crippen LogP contribution in [-0.4, -0.2) is 24.4 Å². The third kappa shape index (κ3) is 5.61. The van der Waals surface area contributed by atoms with Crippen LogP contribution in [0.1, 0.15) is 28.4 Å². The zero-order chi connectivity index (χ0) is 19.2. The average molecular weight is 364 g/mol. The molecule has 0 bridgehead atoms. The molecule has 0 aliphatic carbocycles. The SMILES string of the molecule is CC(NC(=O)c1ccccc1)C(=O)NCCc1ccc(C(F)(F)F)cc1. The Balaban J connectivity index is 1.78. The Morgan fingerprint density at radius 3 is 2.19 bits per heavy atom. The summed E-state index contributed by atoms with van der Waals surface area (Å²) in [7, 11) is 0. The van der Waals surface area contributed by atoms with Crippen LogP contribution in [0.25, 0.3) is 0 Å². The van der Waals surface area contributed by atoms with Gasteiger partial charge in [-0.2, -0.15) is 13.2 Å². The van der Waals surface area contributed by atoms with E-state index in [9.17, 15) is 22.8 Å². The van der Waals surface area contributed by atoms with Gasteiger partial charge in [-0.25, -0.2) is 0 Å². The van der Waals surface area contributed by atoms with Crippen molar-refractivity contribution in [2.45, 2.75) is 25.6 Å². The fraction of sp³-hybridized carbons (Fsp3) is 0.263. The molecule has 2 aromatic rings. The van der Waals surface area contributed by atoms with E-state index in [1.54, 1.807) is 37.3 Å². The van der Waals surface area contributed by atoms with Gasteiger partial charge in [-0.1, -0.05) is 30.3 Å². The highest BCUT2D eigenvalue weighted by atomic mass is 19.4. The number of halogens is 3. The summed E-state index contributed by atoms with van der Waals surface area (Å²) in [4.78, 5) is 24.0. The number of rotatable bonds is 6. The molecule has 2 N–H and O–H groups in total. The van der Waals surface area contributed by atoms with E-state index in [-0.39, 0.29) is 18.4 Å². The first-order valence-electron chi connectivity index (χ1n) is 8.07. The molecule has 2 rings (SSSR count). The maximum atomic E-state index is 12.5. The molecule has 0 aliphatic rings. The number of hydrogen-bond donors (Lipinski definition) is 2. The van der Waals surface area contributed by atoms with Gasteiger partial charge in [0.25, 0.3) is 5.91 Å². The first-order chi connectivity index (χ1) is 12.3. The van der Waals surface area contributed by atoms with Gasteiger partial charge in [0.15, 0.2) is 0 Å². The van der Waals surface area contributed by atoms with Crippen LogP contribution in [0.15, 0.2) is 54.6 Å². The lowest BCUT2D eigenvalue weighted by molar-refractivity contribution is -0.137. The minimum absolute atomic E-state index is 0.260. The quantitative estimate of drug-likeness (QED) is 0.827. The smallest absolute Gasteiger partial charge is 0.354 e. The van der Waals surface area contributed by atoms with Crippen molar-refractivity contribution >= 4 is 11.8 Å². The fourth-order valence-corrected chi connectivity index (χ4v) is 2.28. The van der Waals surface area contributed by atoms with Crippen LogP contribution in [0.4, 0.5) is 13.2 Å². The van der Waals surface area contributed by atoms with Crippen LogP contribution in [0.3, 0.4) is 0 Å². The molecule has 0 radical (unpaired) electrons. The van der Waals surface area contributed by atoms with Gasteiger partial charge in [-0.05, 0) is 43.2 Å². The molecule has 138 valence electrons. The van der Waals surface area contributed by atoms with Crippen molar-refractivity contribution < 1.29 is 22.8 Å². The summed E-state index contributed by atoms with van der Waals surface area (Å²) >= 11 is 0. The molecule has 26 heavy (non-hydrogen) atoms. The van der Waals surface area contributed by atoms with Gasteiger partial charge in [-0.3, -0.25) is 9.59 Å². The summed E-state index contributed by atoms with van der Waals surface area (Å²) in [6, 6.07) is 12.6. The highest BCUT2D eigenvalue weighted by Gasteiger charge is 2.29. The van der Waals surface area contributed by atoms with Gasteiger partial charge in [0.1, 0.15) is 6.04 Å². The third-order valence-electron chi connectivity index (χ3n) is 3.77. The maximum Gasteiger partial charge on any atom is 0.416 e. The molecule has 0 saturated carbocycles. The van der Waals surface area contributed by atoms with E-state index in [1.807, 2.05) is 0 Å².